The van der Waals surface area contributed by atoms with Crippen LogP contribution in [0.4, 0.5) is 0 Å². The second-order valence-electron chi connectivity index (χ2n) is 8.46. The number of guanidine groups is 1. The Hall–Kier alpha value is -2.14. The molecule has 2 aromatic carbocycles. The molecule has 0 amide bonds. The third kappa shape index (κ3) is 8.98. The molecule has 1 aliphatic carbocycles. The van der Waals surface area contributed by atoms with E-state index in [2.05, 4.69) is 17.2 Å². The zero-order chi connectivity index (χ0) is 26.0. The second-order valence-corrected chi connectivity index (χ2v) is 12.9. The highest BCUT2D eigenvalue weighted by atomic mass is 32.2. The van der Waals surface area contributed by atoms with Gasteiger partial charge in [0.05, 0.1) is 0 Å². The van der Waals surface area contributed by atoms with Crippen LogP contribution in [-0.4, -0.2) is 32.9 Å². The van der Waals surface area contributed by atoms with Crippen LogP contribution in [0.1, 0.15) is 45.4 Å². The predicted octanol–water partition coefficient (Wildman–Crippen LogP) is 6.93. The van der Waals surface area contributed by atoms with E-state index in [1.54, 1.807) is 23.5 Å². The molecule has 37 heavy (non-hydrogen) atoms. The average molecular weight is 571 g/mol. The summed E-state index contributed by atoms with van der Waals surface area (Å²) in [6.07, 6.45) is 7.91. The number of aliphatic imine (C=N–C) groups is 2. The first-order valence-corrected chi connectivity index (χ1v) is 15.6. The predicted molar refractivity (Wildman–Crippen MR) is 159 cm³/mol. The Kier molecular flexibility index (Phi) is 10.7. The van der Waals surface area contributed by atoms with E-state index in [4.69, 9.17) is 9.98 Å². The Morgan fingerprint density at radius 2 is 1.57 bits per heavy atom. The minimum atomic E-state index is -0.333. The van der Waals surface area contributed by atoms with E-state index in [1.165, 1.54) is 37.1 Å². The minimum absolute atomic E-state index is 0.0726. The summed E-state index contributed by atoms with van der Waals surface area (Å²) in [6, 6.07) is 16.2. The number of hydrogen-bond donors (Lipinski definition) is 2. The summed E-state index contributed by atoms with van der Waals surface area (Å²) in [5.74, 6) is 0.756. The first-order chi connectivity index (χ1) is 18.0. The fraction of sp³-hybridized carbons (Fsp3) is 0.333. The molecule has 0 spiro atoms. The number of nitrogens with one attached hydrogen (secondary N) is 2. The molecule has 0 aromatic heterocycles. The molecule has 194 valence electrons. The topological polar surface area (TPSA) is 82.9 Å². The summed E-state index contributed by atoms with van der Waals surface area (Å²) < 4.78 is 0. The van der Waals surface area contributed by atoms with Gasteiger partial charge < -0.3 is 10.6 Å². The van der Waals surface area contributed by atoms with Crippen molar-refractivity contribution in [2.24, 2.45) is 9.98 Å². The van der Waals surface area contributed by atoms with Gasteiger partial charge in [0.1, 0.15) is 0 Å². The largest absolute Gasteiger partial charge is 0.353 e. The second kappa shape index (κ2) is 14.1. The number of carbonyl (C=O) groups excluding carboxylic acids is 2. The van der Waals surface area contributed by atoms with Gasteiger partial charge in [0, 0.05) is 32.0 Å². The van der Waals surface area contributed by atoms with E-state index in [0.29, 0.717) is 12.5 Å². The van der Waals surface area contributed by atoms with Crippen LogP contribution >= 0.6 is 47.0 Å². The molecule has 4 rings (SSSR count). The third-order valence-corrected chi connectivity index (χ3v) is 9.42. The van der Waals surface area contributed by atoms with Crippen molar-refractivity contribution in [3.63, 3.8) is 0 Å². The zero-order valence-electron chi connectivity index (χ0n) is 20.6. The molecule has 1 heterocycles. The van der Waals surface area contributed by atoms with Crippen molar-refractivity contribution in [1.82, 2.24) is 10.6 Å². The summed E-state index contributed by atoms with van der Waals surface area (Å²) in [6.45, 7) is 5.40. The van der Waals surface area contributed by atoms with Crippen LogP contribution in [0.5, 0.6) is 0 Å². The maximum absolute atomic E-state index is 11.7. The van der Waals surface area contributed by atoms with Crippen LogP contribution in [0.25, 0.3) is 0 Å². The van der Waals surface area contributed by atoms with Crippen molar-refractivity contribution in [3.05, 3.63) is 61.2 Å². The lowest BCUT2D eigenvalue weighted by Crippen LogP contribution is -2.48. The Balaban J connectivity index is 1.46. The van der Waals surface area contributed by atoms with Crippen molar-refractivity contribution in [1.29, 1.82) is 0 Å². The molecule has 1 atom stereocenters. The molecule has 0 saturated heterocycles. The minimum Gasteiger partial charge on any atom is -0.353 e. The molecular weight excluding hydrogens is 541 g/mol. The van der Waals surface area contributed by atoms with Gasteiger partial charge in [-0.25, -0.2) is 9.98 Å². The SMILES string of the molecule is C=CC(=O)Sc1ccc(SC2N=C(NC3CCCCC3)NC(Sc3ccc(SC(=O)CC)cc3)=N2)cc1. The van der Waals surface area contributed by atoms with Crippen LogP contribution in [0, 0.1) is 0 Å². The molecule has 10 heteroatoms. The Bertz CT molecular complexity index is 1160. The third-order valence-electron chi connectivity index (χ3n) is 5.65. The highest BCUT2D eigenvalue weighted by Crippen LogP contribution is 2.31. The van der Waals surface area contributed by atoms with Gasteiger partial charge in [-0.1, -0.05) is 68.1 Å². The molecule has 2 N–H and O–H groups in total. The van der Waals surface area contributed by atoms with E-state index >= 15 is 0 Å². The van der Waals surface area contributed by atoms with Crippen molar-refractivity contribution >= 4 is 68.4 Å². The van der Waals surface area contributed by atoms with Crippen molar-refractivity contribution in [3.8, 4) is 0 Å². The van der Waals surface area contributed by atoms with Gasteiger partial charge in [-0.15, -0.1) is 0 Å². The molecule has 2 aromatic rings. The first kappa shape index (κ1) is 27.9. The molecule has 1 saturated carbocycles. The van der Waals surface area contributed by atoms with E-state index in [-0.39, 0.29) is 15.7 Å². The lowest BCUT2D eigenvalue weighted by Gasteiger charge is -2.27. The number of amidine groups is 1. The summed E-state index contributed by atoms with van der Waals surface area (Å²) in [7, 11) is 0. The number of rotatable bonds is 8. The first-order valence-electron chi connectivity index (χ1n) is 12.3. The smallest absolute Gasteiger partial charge is 0.216 e. The summed E-state index contributed by atoms with van der Waals surface area (Å²) in [5, 5.41) is 7.86. The summed E-state index contributed by atoms with van der Waals surface area (Å²) in [5.41, 5.74) is -0.333. The highest BCUT2D eigenvalue weighted by molar-refractivity contribution is 8.14. The maximum atomic E-state index is 11.7. The Labute approximate surface area is 235 Å². The number of thioether (sulfide) groups is 4. The maximum Gasteiger partial charge on any atom is 0.216 e. The van der Waals surface area contributed by atoms with Crippen LogP contribution in [0.15, 0.2) is 90.8 Å². The number of carbonyl (C=O) groups is 2. The number of hydrogen-bond acceptors (Lipinski definition) is 10. The molecule has 1 unspecified atom stereocenters. The normalized spacial score (nSPS) is 17.8. The van der Waals surface area contributed by atoms with Gasteiger partial charge in [-0.05, 0) is 79.2 Å². The fourth-order valence-corrected chi connectivity index (χ4v) is 6.76. The summed E-state index contributed by atoms with van der Waals surface area (Å²) >= 11 is 5.55. The van der Waals surface area contributed by atoms with Gasteiger partial charge in [0.15, 0.2) is 15.8 Å². The average Bonchev–Trinajstić information content (AvgIpc) is 2.91. The van der Waals surface area contributed by atoms with Crippen LogP contribution in [-0.2, 0) is 9.59 Å². The van der Waals surface area contributed by atoms with Gasteiger partial charge in [-0.2, -0.15) is 0 Å². The molecule has 1 aliphatic heterocycles. The fourth-order valence-electron chi connectivity index (χ4n) is 3.78. The quantitative estimate of drug-likeness (QED) is 0.261. The van der Waals surface area contributed by atoms with Gasteiger partial charge in [0.2, 0.25) is 11.1 Å². The van der Waals surface area contributed by atoms with E-state index in [0.717, 1.165) is 55.3 Å². The molecule has 1 fully saturated rings. The van der Waals surface area contributed by atoms with E-state index in [9.17, 15) is 9.59 Å². The van der Waals surface area contributed by atoms with Gasteiger partial charge in [-0.3, -0.25) is 9.59 Å². The van der Waals surface area contributed by atoms with Crippen LogP contribution in [0.3, 0.4) is 0 Å². The van der Waals surface area contributed by atoms with Gasteiger partial charge in [0.25, 0.3) is 0 Å². The van der Waals surface area contributed by atoms with E-state index in [1.807, 2.05) is 55.5 Å². The monoisotopic (exact) mass is 570 g/mol. The standard InChI is InChI=1S/C27H30N4O2S4/c1-3-23(32)34-19-10-14-21(15-11-19)36-26-29-25(28-18-8-6-5-7-9-18)30-27(31-26)37-22-16-12-20(13-17-22)35-24(33)4-2/h3,10-18,26H,1,4-9H2,2H3,(H2,28,29,30,31). The molecule has 0 bridgehead atoms. The van der Waals surface area contributed by atoms with Crippen molar-refractivity contribution in [2.45, 2.75) is 76.6 Å². The number of nitrogens with zero attached hydrogens (tertiary/aromatic N) is 2. The van der Waals surface area contributed by atoms with Crippen molar-refractivity contribution in [2.75, 3.05) is 0 Å². The molecule has 2 aliphatic rings. The Morgan fingerprint density at radius 3 is 2.22 bits per heavy atom. The molecule has 6 nitrogen and oxygen atoms in total. The van der Waals surface area contributed by atoms with Gasteiger partial charge >= 0.3 is 0 Å². The lowest BCUT2D eigenvalue weighted by atomic mass is 9.96. The molecule has 0 radical (unpaired) electrons. The summed E-state index contributed by atoms with van der Waals surface area (Å²) in [4.78, 5) is 36.9. The number of benzene rings is 2. The zero-order valence-corrected chi connectivity index (χ0v) is 23.9. The molecular formula is C27H30N4O2S4. The highest BCUT2D eigenvalue weighted by Gasteiger charge is 2.22. The lowest BCUT2D eigenvalue weighted by molar-refractivity contribution is -0.110. The van der Waals surface area contributed by atoms with Crippen LogP contribution < -0.4 is 10.6 Å². The van der Waals surface area contributed by atoms with Crippen molar-refractivity contribution < 1.29 is 9.59 Å². The van der Waals surface area contributed by atoms with Crippen LogP contribution in [0.2, 0.25) is 0 Å². The van der Waals surface area contributed by atoms with E-state index < -0.39 is 0 Å². The Morgan fingerprint density at radius 1 is 0.946 bits per heavy atom.